The highest BCUT2D eigenvalue weighted by Gasteiger charge is 2.39. The lowest BCUT2D eigenvalue weighted by Crippen LogP contribution is -2.49. The molecule has 0 aromatic carbocycles. The summed E-state index contributed by atoms with van der Waals surface area (Å²) in [6, 6.07) is 0.331. The fourth-order valence-corrected chi connectivity index (χ4v) is 1.73. The first-order chi connectivity index (χ1) is 7.98. The molecule has 100 valence electrons. The van der Waals surface area contributed by atoms with Gasteiger partial charge in [0, 0.05) is 25.6 Å². The molecule has 5 nitrogen and oxygen atoms in total. The number of ether oxygens (including phenoxy) is 1. The summed E-state index contributed by atoms with van der Waals surface area (Å²) in [5, 5.41) is 16.0. The summed E-state index contributed by atoms with van der Waals surface area (Å²) in [5.74, 6) is -0.0853. The summed E-state index contributed by atoms with van der Waals surface area (Å²) in [7, 11) is 0. The lowest BCUT2D eigenvalue weighted by Gasteiger charge is -2.26. The smallest absolute Gasteiger partial charge is 0.234 e. The Morgan fingerprint density at radius 3 is 2.88 bits per heavy atom. The van der Waals surface area contributed by atoms with Crippen LogP contribution in [0.5, 0.6) is 0 Å². The standard InChI is InChI=1S/C12H24N2O3/c1-4-9(2)13-7-11(15)14-8-12(16)5-6-17-10(12)3/h9-10,13,16H,4-8H2,1-3H3,(H,14,15). The zero-order valence-corrected chi connectivity index (χ0v) is 11.0. The molecule has 0 aromatic heterocycles. The predicted octanol–water partition coefficient (Wildman–Crippen LogP) is 0.0306. The number of nitrogens with one attached hydrogen (secondary N) is 2. The van der Waals surface area contributed by atoms with Gasteiger partial charge >= 0.3 is 0 Å². The molecule has 0 radical (unpaired) electrons. The van der Waals surface area contributed by atoms with E-state index in [0.717, 1.165) is 6.42 Å². The minimum atomic E-state index is -0.911. The SMILES string of the molecule is CCC(C)NCC(=O)NCC1(O)CCOC1C. The molecular weight excluding hydrogens is 220 g/mol. The van der Waals surface area contributed by atoms with Crippen molar-refractivity contribution in [1.29, 1.82) is 0 Å². The Hall–Kier alpha value is -0.650. The van der Waals surface area contributed by atoms with E-state index in [-0.39, 0.29) is 18.6 Å². The third kappa shape index (κ3) is 4.26. The van der Waals surface area contributed by atoms with Gasteiger partial charge in [0.05, 0.1) is 12.6 Å². The molecule has 3 unspecified atom stereocenters. The molecule has 1 heterocycles. The molecule has 1 saturated heterocycles. The molecule has 0 saturated carbocycles. The Morgan fingerprint density at radius 1 is 1.65 bits per heavy atom. The van der Waals surface area contributed by atoms with Crippen molar-refractivity contribution in [1.82, 2.24) is 10.6 Å². The number of aliphatic hydroxyl groups is 1. The van der Waals surface area contributed by atoms with E-state index in [0.29, 0.717) is 25.6 Å². The molecule has 5 heteroatoms. The number of hydrogen-bond acceptors (Lipinski definition) is 4. The van der Waals surface area contributed by atoms with Crippen LogP contribution in [-0.2, 0) is 9.53 Å². The van der Waals surface area contributed by atoms with Crippen LogP contribution in [0.1, 0.15) is 33.6 Å². The van der Waals surface area contributed by atoms with Gasteiger partial charge in [-0.3, -0.25) is 4.79 Å². The van der Waals surface area contributed by atoms with E-state index in [2.05, 4.69) is 17.6 Å². The Kier molecular flexibility index (Phi) is 5.36. The van der Waals surface area contributed by atoms with Crippen LogP contribution in [0, 0.1) is 0 Å². The molecule has 3 N–H and O–H groups in total. The molecule has 0 aromatic rings. The Labute approximate surface area is 103 Å². The second-order valence-corrected chi connectivity index (χ2v) is 4.83. The zero-order valence-electron chi connectivity index (χ0n) is 11.0. The van der Waals surface area contributed by atoms with Crippen LogP contribution in [-0.4, -0.2) is 48.5 Å². The first-order valence-corrected chi connectivity index (χ1v) is 6.32. The van der Waals surface area contributed by atoms with Crippen molar-refractivity contribution in [3.05, 3.63) is 0 Å². The number of amides is 1. The molecule has 3 atom stereocenters. The quantitative estimate of drug-likeness (QED) is 0.616. The lowest BCUT2D eigenvalue weighted by atomic mass is 9.97. The van der Waals surface area contributed by atoms with Crippen LogP contribution in [0.25, 0.3) is 0 Å². The molecular formula is C12H24N2O3. The van der Waals surface area contributed by atoms with Gasteiger partial charge in [0.25, 0.3) is 0 Å². The maximum Gasteiger partial charge on any atom is 0.234 e. The van der Waals surface area contributed by atoms with Gasteiger partial charge in [-0.1, -0.05) is 6.92 Å². The topological polar surface area (TPSA) is 70.6 Å². The van der Waals surface area contributed by atoms with Crippen LogP contribution in [0.2, 0.25) is 0 Å². The highest BCUT2D eigenvalue weighted by molar-refractivity contribution is 5.78. The van der Waals surface area contributed by atoms with Gasteiger partial charge in [0.1, 0.15) is 5.60 Å². The van der Waals surface area contributed by atoms with E-state index >= 15 is 0 Å². The lowest BCUT2D eigenvalue weighted by molar-refractivity contribution is -0.122. The summed E-state index contributed by atoms with van der Waals surface area (Å²) >= 11 is 0. The highest BCUT2D eigenvalue weighted by atomic mass is 16.5. The van der Waals surface area contributed by atoms with E-state index < -0.39 is 5.60 Å². The largest absolute Gasteiger partial charge is 0.385 e. The van der Waals surface area contributed by atoms with Crippen LogP contribution >= 0.6 is 0 Å². The van der Waals surface area contributed by atoms with Gasteiger partial charge in [0.2, 0.25) is 5.91 Å². The zero-order chi connectivity index (χ0) is 12.9. The minimum absolute atomic E-state index is 0.0853. The molecule has 1 rings (SSSR count). The summed E-state index contributed by atoms with van der Waals surface area (Å²) in [4.78, 5) is 11.5. The maximum atomic E-state index is 11.5. The second kappa shape index (κ2) is 6.33. The fraction of sp³-hybridized carbons (Fsp3) is 0.917. The van der Waals surface area contributed by atoms with Crippen molar-refractivity contribution in [3.63, 3.8) is 0 Å². The average Bonchev–Trinajstić information content (AvgIpc) is 2.64. The first-order valence-electron chi connectivity index (χ1n) is 6.32. The normalized spacial score (nSPS) is 30.2. The van der Waals surface area contributed by atoms with Crippen molar-refractivity contribution < 1.29 is 14.6 Å². The molecule has 1 amide bonds. The third-order valence-corrected chi connectivity index (χ3v) is 3.47. The van der Waals surface area contributed by atoms with Crippen LogP contribution in [0.15, 0.2) is 0 Å². The molecule has 1 fully saturated rings. The van der Waals surface area contributed by atoms with E-state index in [1.54, 1.807) is 0 Å². The summed E-state index contributed by atoms with van der Waals surface area (Å²) in [5.41, 5.74) is -0.911. The van der Waals surface area contributed by atoms with Gasteiger partial charge in [0.15, 0.2) is 0 Å². The Balaban J connectivity index is 2.23. The predicted molar refractivity (Wildman–Crippen MR) is 65.7 cm³/mol. The van der Waals surface area contributed by atoms with E-state index in [9.17, 15) is 9.90 Å². The average molecular weight is 244 g/mol. The third-order valence-electron chi connectivity index (χ3n) is 3.47. The van der Waals surface area contributed by atoms with Crippen molar-refractivity contribution in [2.75, 3.05) is 19.7 Å². The molecule has 17 heavy (non-hydrogen) atoms. The van der Waals surface area contributed by atoms with Gasteiger partial charge in [-0.05, 0) is 20.3 Å². The molecule has 0 bridgehead atoms. The van der Waals surface area contributed by atoms with Crippen molar-refractivity contribution in [2.45, 2.75) is 51.4 Å². The van der Waals surface area contributed by atoms with E-state index in [1.807, 2.05) is 13.8 Å². The minimum Gasteiger partial charge on any atom is -0.385 e. The molecule has 1 aliphatic heterocycles. The number of carbonyl (C=O) groups excluding carboxylic acids is 1. The van der Waals surface area contributed by atoms with Crippen LogP contribution < -0.4 is 10.6 Å². The summed E-state index contributed by atoms with van der Waals surface area (Å²) in [6.07, 6.45) is 1.35. The van der Waals surface area contributed by atoms with Crippen molar-refractivity contribution >= 4 is 5.91 Å². The summed E-state index contributed by atoms with van der Waals surface area (Å²) < 4.78 is 5.30. The van der Waals surface area contributed by atoms with Crippen molar-refractivity contribution in [2.24, 2.45) is 0 Å². The number of rotatable bonds is 6. The van der Waals surface area contributed by atoms with Gasteiger partial charge < -0.3 is 20.5 Å². The van der Waals surface area contributed by atoms with Crippen LogP contribution in [0.4, 0.5) is 0 Å². The Bertz CT molecular complexity index is 260. The van der Waals surface area contributed by atoms with Gasteiger partial charge in [-0.15, -0.1) is 0 Å². The first kappa shape index (κ1) is 14.4. The highest BCUT2D eigenvalue weighted by Crippen LogP contribution is 2.24. The molecule has 1 aliphatic rings. The van der Waals surface area contributed by atoms with Gasteiger partial charge in [-0.25, -0.2) is 0 Å². The Morgan fingerprint density at radius 2 is 2.35 bits per heavy atom. The maximum absolute atomic E-state index is 11.5. The summed E-state index contributed by atoms with van der Waals surface area (Å²) in [6.45, 7) is 7.04. The van der Waals surface area contributed by atoms with Crippen molar-refractivity contribution in [3.8, 4) is 0 Å². The number of carbonyl (C=O) groups is 1. The molecule has 0 aliphatic carbocycles. The van der Waals surface area contributed by atoms with E-state index in [1.165, 1.54) is 0 Å². The fourth-order valence-electron chi connectivity index (χ4n) is 1.73. The van der Waals surface area contributed by atoms with Crippen LogP contribution in [0.3, 0.4) is 0 Å². The van der Waals surface area contributed by atoms with E-state index in [4.69, 9.17) is 4.74 Å². The number of hydrogen-bond donors (Lipinski definition) is 3. The second-order valence-electron chi connectivity index (χ2n) is 4.83. The molecule has 0 spiro atoms. The monoisotopic (exact) mass is 244 g/mol. The van der Waals surface area contributed by atoms with Gasteiger partial charge in [-0.2, -0.15) is 0 Å².